The highest BCUT2D eigenvalue weighted by atomic mass is 19.1. The van der Waals surface area contributed by atoms with E-state index >= 15 is 0 Å². The molecule has 194 valence electrons. The molecule has 1 aromatic carbocycles. The Morgan fingerprint density at radius 3 is 2.26 bits per heavy atom. The molecule has 0 radical (unpaired) electrons. The minimum atomic E-state index is -0.566. The fraction of sp³-hybridized carbons (Fsp3) is 0.731. The number of nitro benzene ring substituents is 1. The Morgan fingerprint density at radius 1 is 1.09 bits per heavy atom. The molecule has 3 aliphatic rings. The first kappa shape index (κ1) is 25.7. The summed E-state index contributed by atoms with van der Waals surface area (Å²) in [6, 6.07) is 3.91. The summed E-state index contributed by atoms with van der Waals surface area (Å²) in [5.41, 5.74) is 0.162. The Morgan fingerprint density at radius 2 is 1.71 bits per heavy atom. The van der Waals surface area contributed by atoms with Crippen molar-refractivity contribution >= 4 is 17.5 Å². The number of piperidine rings is 1. The van der Waals surface area contributed by atoms with Gasteiger partial charge in [0.05, 0.1) is 16.7 Å². The van der Waals surface area contributed by atoms with E-state index in [0.29, 0.717) is 17.0 Å². The monoisotopic (exact) mass is 490 g/mol. The summed E-state index contributed by atoms with van der Waals surface area (Å²) in [7, 11) is 0. The number of nitro groups is 1. The number of amides is 1. The van der Waals surface area contributed by atoms with E-state index in [0.717, 1.165) is 64.7 Å². The van der Waals surface area contributed by atoms with Gasteiger partial charge in [-0.2, -0.15) is 0 Å². The number of carbonyl (C=O) groups is 1. The van der Waals surface area contributed by atoms with Crippen LogP contribution in [0, 0.1) is 27.3 Å². The molecule has 0 bridgehead atoms. The van der Waals surface area contributed by atoms with E-state index in [1.54, 1.807) is 0 Å². The van der Waals surface area contributed by atoms with Crippen LogP contribution < -0.4 is 4.90 Å². The number of hydrogen-bond acceptors (Lipinski definition) is 6. The second-order valence-corrected chi connectivity index (χ2v) is 11.6. The van der Waals surface area contributed by atoms with Crippen LogP contribution in [-0.2, 0) is 4.74 Å². The van der Waals surface area contributed by atoms with Crippen LogP contribution in [0.2, 0.25) is 0 Å². The fourth-order valence-corrected chi connectivity index (χ4v) is 5.86. The number of halogens is 1. The summed E-state index contributed by atoms with van der Waals surface area (Å²) in [5.74, 6) is 0.162. The first-order valence-electron chi connectivity index (χ1n) is 12.9. The Bertz CT molecular complexity index is 908. The Labute approximate surface area is 207 Å². The van der Waals surface area contributed by atoms with Gasteiger partial charge in [-0.05, 0) is 76.7 Å². The highest BCUT2D eigenvalue weighted by Crippen LogP contribution is 2.46. The van der Waals surface area contributed by atoms with Crippen LogP contribution >= 0.6 is 0 Å². The van der Waals surface area contributed by atoms with E-state index in [-0.39, 0.29) is 11.8 Å². The third kappa shape index (κ3) is 6.42. The normalized spacial score (nSPS) is 21.8. The van der Waals surface area contributed by atoms with E-state index in [1.807, 2.05) is 30.6 Å². The predicted molar refractivity (Wildman–Crippen MR) is 133 cm³/mol. The number of rotatable bonds is 4. The Balaban J connectivity index is 1.19. The molecule has 1 spiro atoms. The molecular formula is C26H39FN4O4. The number of piperazine rings is 1. The number of carbonyl (C=O) groups excluding carboxylic acids is 1. The molecular weight excluding hydrogens is 451 g/mol. The van der Waals surface area contributed by atoms with E-state index < -0.39 is 16.3 Å². The molecule has 0 aromatic heterocycles. The minimum absolute atomic E-state index is 0.186. The highest BCUT2D eigenvalue weighted by Gasteiger charge is 2.40. The first-order valence-corrected chi connectivity index (χ1v) is 12.9. The number of ether oxygens (including phenoxy) is 1. The summed E-state index contributed by atoms with van der Waals surface area (Å²) >= 11 is 0. The van der Waals surface area contributed by atoms with E-state index in [1.165, 1.54) is 37.8 Å². The first-order chi connectivity index (χ1) is 16.5. The molecule has 1 aliphatic carbocycles. The van der Waals surface area contributed by atoms with Crippen molar-refractivity contribution in [2.24, 2.45) is 11.3 Å². The molecule has 1 saturated carbocycles. The predicted octanol–water partition coefficient (Wildman–Crippen LogP) is 5.06. The lowest BCUT2D eigenvalue weighted by molar-refractivity contribution is -0.385. The molecule has 9 heteroatoms. The molecule has 1 aromatic rings. The number of nitrogens with zero attached hydrogens (tertiary/aromatic N) is 4. The van der Waals surface area contributed by atoms with Gasteiger partial charge in [0.1, 0.15) is 5.60 Å². The molecule has 0 N–H and O–H groups in total. The molecule has 2 aliphatic heterocycles. The molecule has 2 saturated heterocycles. The van der Waals surface area contributed by atoms with Gasteiger partial charge in [0.2, 0.25) is 0 Å². The lowest BCUT2D eigenvalue weighted by Crippen LogP contribution is -2.49. The number of hydrogen-bond donors (Lipinski definition) is 0. The molecule has 0 unspecified atom stereocenters. The van der Waals surface area contributed by atoms with Gasteiger partial charge in [0.15, 0.2) is 5.82 Å². The average molecular weight is 491 g/mol. The van der Waals surface area contributed by atoms with Gasteiger partial charge in [0.25, 0.3) is 5.69 Å². The smallest absolute Gasteiger partial charge is 0.410 e. The lowest BCUT2D eigenvalue weighted by Gasteiger charge is -2.47. The van der Waals surface area contributed by atoms with E-state index in [9.17, 15) is 19.3 Å². The number of likely N-dealkylation sites (tertiary alicyclic amines) is 1. The molecule has 4 rings (SSSR count). The summed E-state index contributed by atoms with van der Waals surface area (Å²) in [6.07, 6.45) is 6.86. The maximum atomic E-state index is 14.4. The SMILES string of the molecule is CC(C)(C)OC(=O)N1CCC2(CCC(CN3CCN(c4ccc([N+](=O)[O-])cc4F)CC3)CC2)CC1. The third-order valence-corrected chi connectivity index (χ3v) is 8.01. The summed E-state index contributed by atoms with van der Waals surface area (Å²) in [5, 5.41) is 10.9. The maximum absolute atomic E-state index is 14.4. The molecule has 0 atom stereocenters. The Kier molecular flexibility index (Phi) is 7.54. The van der Waals surface area contributed by atoms with Crippen molar-refractivity contribution in [3.05, 3.63) is 34.1 Å². The van der Waals surface area contributed by atoms with Crippen molar-refractivity contribution in [3.63, 3.8) is 0 Å². The van der Waals surface area contributed by atoms with Gasteiger partial charge in [-0.15, -0.1) is 0 Å². The van der Waals surface area contributed by atoms with Crippen molar-refractivity contribution in [2.45, 2.75) is 64.9 Å². The molecule has 3 fully saturated rings. The number of non-ortho nitro benzene ring substituents is 1. The van der Waals surface area contributed by atoms with Crippen LogP contribution in [0.15, 0.2) is 18.2 Å². The van der Waals surface area contributed by atoms with Gasteiger partial charge in [-0.3, -0.25) is 15.0 Å². The standard InChI is InChI=1S/C26H39FN4O4/c1-25(2,3)35-24(32)30-12-10-26(11-13-30)8-6-20(7-9-26)19-28-14-16-29(17-15-28)23-5-4-21(31(33)34)18-22(23)27/h4-5,18,20H,6-17,19H2,1-3H3. The minimum Gasteiger partial charge on any atom is -0.444 e. The van der Waals surface area contributed by atoms with Crippen molar-refractivity contribution in [2.75, 3.05) is 50.7 Å². The molecule has 8 nitrogen and oxygen atoms in total. The zero-order valence-corrected chi connectivity index (χ0v) is 21.3. The number of anilines is 1. The topological polar surface area (TPSA) is 79.2 Å². The fourth-order valence-electron chi connectivity index (χ4n) is 5.86. The maximum Gasteiger partial charge on any atom is 0.410 e. The van der Waals surface area contributed by atoms with Crippen LogP contribution in [0.4, 0.5) is 20.6 Å². The zero-order chi connectivity index (χ0) is 25.2. The number of benzene rings is 1. The van der Waals surface area contributed by atoms with Gasteiger partial charge < -0.3 is 14.5 Å². The van der Waals surface area contributed by atoms with Crippen LogP contribution in [0.25, 0.3) is 0 Å². The zero-order valence-electron chi connectivity index (χ0n) is 21.3. The lowest BCUT2D eigenvalue weighted by atomic mass is 9.65. The van der Waals surface area contributed by atoms with E-state index in [2.05, 4.69) is 4.90 Å². The third-order valence-electron chi connectivity index (χ3n) is 8.01. The van der Waals surface area contributed by atoms with Crippen LogP contribution in [0.1, 0.15) is 59.3 Å². The molecule has 1 amide bonds. The summed E-state index contributed by atoms with van der Waals surface area (Å²) in [6.45, 7) is 11.6. The second kappa shape index (κ2) is 10.3. The van der Waals surface area contributed by atoms with Crippen LogP contribution in [0.3, 0.4) is 0 Å². The molecule has 2 heterocycles. The quantitative estimate of drug-likeness (QED) is 0.433. The highest BCUT2D eigenvalue weighted by molar-refractivity contribution is 5.68. The Hall–Kier alpha value is -2.42. The van der Waals surface area contributed by atoms with Gasteiger partial charge >= 0.3 is 6.09 Å². The largest absolute Gasteiger partial charge is 0.444 e. The van der Waals surface area contributed by atoms with Gasteiger partial charge in [-0.25, -0.2) is 9.18 Å². The van der Waals surface area contributed by atoms with Crippen LogP contribution in [0.5, 0.6) is 0 Å². The van der Waals surface area contributed by atoms with Gasteiger partial charge in [0, 0.05) is 51.9 Å². The molecule has 35 heavy (non-hydrogen) atoms. The second-order valence-electron chi connectivity index (χ2n) is 11.6. The van der Waals surface area contributed by atoms with Gasteiger partial charge in [-0.1, -0.05) is 0 Å². The summed E-state index contributed by atoms with van der Waals surface area (Å²) < 4.78 is 19.9. The van der Waals surface area contributed by atoms with Crippen molar-refractivity contribution in [3.8, 4) is 0 Å². The van der Waals surface area contributed by atoms with Crippen LogP contribution in [-0.4, -0.2) is 72.2 Å². The van der Waals surface area contributed by atoms with E-state index in [4.69, 9.17) is 4.74 Å². The van der Waals surface area contributed by atoms with Crippen molar-refractivity contribution in [1.82, 2.24) is 9.80 Å². The summed E-state index contributed by atoms with van der Waals surface area (Å²) in [4.78, 5) is 29.0. The van der Waals surface area contributed by atoms with Crippen molar-refractivity contribution < 1.29 is 18.8 Å². The average Bonchev–Trinajstić information content (AvgIpc) is 2.80. The van der Waals surface area contributed by atoms with Crippen molar-refractivity contribution in [1.29, 1.82) is 0 Å².